The molecule has 0 bridgehead atoms. The minimum atomic E-state index is -4.34. The number of nitrogens with zero attached hydrogens (tertiary/aromatic N) is 2. The molecule has 0 aromatic heterocycles. The third-order valence-electron chi connectivity index (χ3n) is 6.58. The fourth-order valence-electron chi connectivity index (χ4n) is 4.00. The van der Waals surface area contributed by atoms with Gasteiger partial charge in [-0.05, 0) is 81.8 Å². The van der Waals surface area contributed by atoms with Crippen LogP contribution >= 0.6 is 0 Å². The van der Waals surface area contributed by atoms with E-state index < -0.39 is 46.1 Å². The number of hydrogen-bond acceptors (Lipinski definition) is 5. The third kappa shape index (κ3) is 8.03. The number of hydrogen-bond donors (Lipinski definition) is 1. The number of amides is 2. The van der Waals surface area contributed by atoms with E-state index in [1.807, 2.05) is 13.8 Å². The first-order chi connectivity index (χ1) is 19.5. The fraction of sp³-hybridized carbons (Fsp3) is 0.333. The SMILES string of the molecule is CCOc1ccc(S(=O)(=O)N(CC(=O)N(Cc2ccccc2F)C(C)C(=O)NC(C)CC)c2ccc(F)cc2)cc1. The van der Waals surface area contributed by atoms with Crippen LogP contribution in [0.15, 0.2) is 77.7 Å². The maximum atomic E-state index is 14.6. The molecule has 2 amide bonds. The van der Waals surface area contributed by atoms with E-state index in [0.29, 0.717) is 18.8 Å². The number of halogens is 2. The van der Waals surface area contributed by atoms with Crippen LogP contribution in [-0.2, 0) is 26.2 Å². The first-order valence-corrected chi connectivity index (χ1v) is 14.8. The summed E-state index contributed by atoms with van der Waals surface area (Å²) >= 11 is 0. The molecule has 1 N–H and O–H groups in total. The van der Waals surface area contributed by atoms with Crippen molar-refractivity contribution in [2.45, 2.75) is 57.6 Å². The van der Waals surface area contributed by atoms with Crippen molar-refractivity contribution in [3.05, 3.63) is 90.0 Å². The molecule has 0 aliphatic rings. The van der Waals surface area contributed by atoms with Crippen LogP contribution in [-0.4, -0.2) is 50.4 Å². The topological polar surface area (TPSA) is 96.0 Å². The molecule has 11 heteroatoms. The van der Waals surface area contributed by atoms with Gasteiger partial charge >= 0.3 is 0 Å². The molecule has 0 radical (unpaired) electrons. The van der Waals surface area contributed by atoms with Crippen LogP contribution in [0.3, 0.4) is 0 Å². The van der Waals surface area contributed by atoms with Gasteiger partial charge in [-0.15, -0.1) is 0 Å². The Morgan fingerprint density at radius 3 is 2.15 bits per heavy atom. The highest BCUT2D eigenvalue weighted by molar-refractivity contribution is 7.92. The monoisotopic (exact) mass is 587 g/mol. The maximum Gasteiger partial charge on any atom is 0.264 e. The number of ether oxygens (including phenoxy) is 1. The molecule has 0 aliphatic carbocycles. The van der Waals surface area contributed by atoms with Crippen molar-refractivity contribution >= 4 is 27.5 Å². The smallest absolute Gasteiger partial charge is 0.264 e. The van der Waals surface area contributed by atoms with Crippen molar-refractivity contribution in [1.29, 1.82) is 0 Å². The van der Waals surface area contributed by atoms with Gasteiger partial charge in [0.2, 0.25) is 11.8 Å². The fourth-order valence-corrected chi connectivity index (χ4v) is 5.41. The Morgan fingerprint density at radius 2 is 1.56 bits per heavy atom. The van der Waals surface area contributed by atoms with Gasteiger partial charge in [-0.1, -0.05) is 25.1 Å². The molecule has 3 aromatic rings. The van der Waals surface area contributed by atoms with E-state index in [9.17, 15) is 26.8 Å². The second-order valence-electron chi connectivity index (χ2n) is 9.50. The van der Waals surface area contributed by atoms with E-state index in [4.69, 9.17) is 4.74 Å². The number of carbonyl (C=O) groups is 2. The lowest BCUT2D eigenvalue weighted by atomic mass is 10.1. The van der Waals surface area contributed by atoms with Crippen LogP contribution in [0.2, 0.25) is 0 Å². The molecule has 8 nitrogen and oxygen atoms in total. The van der Waals surface area contributed by atoms with E-state index >= 15 is 0 Å². The highest BCUT2D eigenvalue weighted by Crippen LogP contribution is 2.26. The number of nitrogens with one attached hydrogen (secondary N) is 1. The molecule has 0 saturated carbocycles. The predicted octanol–water partition coefficient (Wildman–Crippen LogP) is 4.89. The van der Waals surface area contributed by atoms with Crippen LogP contribution in [0.25, 0.3) is 0 Å². The standard InChI is InChI=1S/C30H35F2N3O5S/c1-5-21(3)33-30(37)22(4)34(19-23-9-7-8-10-28(23)32)29(36)20-35(25-13-11-24(31)12-14-25)41(38,39)27-17-15-26(16-18-27)40-6-2/h7-18,21-22H,5-6,19-20H2,1-4H3,(H,33,37). The zero-order valence-electron chi connectivity index (χ0n) is 23.5. The number of anilines is 1. The summed E-state index contributed by atoms with van der Waals surface area (Å²) in [6.07, 6.45) is 0.651. The molecule has 0 aliphatic heterocycles. The van der Waals surface area contributed by atoms with Crippen molar-refractivity contribution in [2.24, 2.45) is 0 Å². The minimum absolute atomic E-state index is 0.0381. The van der Waals surface area contributed by atoms with Gasteiger partial charge in [0.15, 0.2) is 0 Å². The quantitative estimate of drug-likeness (QED) is 0.307. The lowest BCUT2D eigenvalue weighted by molar-refractivity contribution is -0.139. The summed E-state index contributed by atoms with van der Waals surface area (Å²) in [5, 5.41) is 2.82. The van der Waals surface area contributed by atoms with Crippen LogP contribution in [0.5, 0.6) is 5.75 Å². The molecular weight excluding hydrogens is 552 g/mol. The summed E-state index contributed by atoms with van der Waals surface area (Å²) in [7, 11) is -4.34. The van der Waals surface area contributed by atoms with E-state index in [1.54, 1.807) is 13.0 Å². The van der Waals surface area contributed by atoms with E-state index in [1.165, 1.54) is 61.5 Å². The summed E-state index contributed by atoms with van der Waals surface area (Å²) in [5.41, 5.74) is 0.197. The number of sulfonamides is 1. The average Bonchev–Trinajstić information content (AvgIpc) is 2.96. The Morgan fingerprint density at radius 1 is 0.927 bits per heavy atom. The molecule has 41 heavy (non-hydrogen) atoms. The van der Waals surface area contributed by atoms with Gasteiger partial charge in [-0.3, -0.25) is 13.9 Å². The molecule has 220 valence electrons. The molecule has 3 rings (SSSR count). The second kappa shape index (κ2) is 14.1. The summed E-state index contributed by atoms with van der Waals surface area (Å²) in [6.45, 7) is 6.39. The molecule has 3 aromatic carbocycles. The van der Waals surface area contributed by atoms with Gasteiger partial charge in [-0.25, -0.2) is 17.2 Å². The lowest BCUT2D eigenvalue weighted by Gasteiger charge is -2.32. The molecule has 0 spiro atoms. The third-order valence-corrected chi connectivity index (χ3v) is 8.37. The van der Waals surface area contributed by atoms with E-state index in [-0.39, 0.29) is 28.7 Å². The Bertz CT molecular complexity index is 1430. The van der Waals surface area contributed by atoms with Crippen LogP contribution in [0, 0.1) is 11.6 Å². The normalized spacial score (nSPS) is 12.7. The van der Waals surface area contributed by atoms with Crippen LogP contribution in [0.4, 0.5) is 14.5 Å². The highest BCUT2D eigenvalue weighted by atomic mass is 32.2. The molecule has 0 heterocycles. The number of benzene rings is 3. The van der Waals surface area contributed by atoms with Crippen molar-refractivity contribution in [2.75, 3.05) is 17.5 Å². The van der Waals surface area contributed by atoms with Crippen LogP contribution < -0.4 is 14.4 Å². The Labute approximate surface area is 240 Å². The first kappa shape index (κ1) is 31.5. The first-order valence-electron chi connectivity index (χ1n) is 13.3. The van der Waals surface area contributed by atoms with Gasteiger partial charge in [0, 0.05) is 18.2 Å². The van der Waals surface area contributed by atoms with Gasteiger partial charge in [0.1, 0.15) is 30.0 Å². The zero-order valence-corrected chi connectivity index (χ0v) is 24.3. The number of carbonyl (C=O) groups excluding carboxylic acids is 2. The van der Waals surface area contributed by atoms with Crippen molar-refractivity contribution in [1.82, 2.24) is 10.2 Å². The zero-order chi connectivity index (χ0) is 30.2. The Kier molecular flexibility index (Phi) is 10.8. The molecular formula is C30H35F2N3O5S. The lowest BCUT2D eigenvalue weighted by Crippen LogP contribution is -2.52. The van der Waals surface area contributed by atoms with Gasteiger partial charge in [0.25, 0.3) is 10.0 Å². The Balaban J connectivity index is 2.02. The second-order valence-corrected chi connectivity index (χ2v) is 11.4. The number of rotatable bonds is 13. The van der Waals surface area contributed by atoms with Crippen molar-refractivity contribution in [3.63, 3.8) is 0 Å². The van der Waals surface area contributed by atoms with E-state index in [0.717, 1.165) is 21.3 Å². The average molecular weight is 588 g/mol. The van der Waals surface area contributed by atoms with Gasteiger partial charge < -0.3 is 15.0 Å². The Hall–Kier alpha value is -3.99. The molecule has 0 saturated heterocycles. The summed E-state index contributed by atoms with van der Waals surface area (Å²) < 4.78 is 62.3. The maximum absolute atomic E-state index is 14.6. The van der Waals surface area contributed by atoms with Crippen molar-refractivity contribution < 1.29 is 31.5 Å². The molecule has 2 atom stereocenters. The molecule has 2 unspecified atom stereocenters. The van der Waals surface area contributed by atoms with Gasteiger partial charge in [0.05, 0.1) is 17.2 Å². The summed E-state index contributed by atoms with van der Waals surface area (Å²) in [6, 6.07) is 14.9. The van der Waals surface area contributed by atoms with Gasteiger partial charge in [-0.2, -0.15) is 0 Å². The summed E-state index contributed by atoms with van der Waals surface area (Å²) in [4.78, 5) is 27.9. The van der Waals surface area contributed by atoms with E-state index in [2.05, 4.69) is 5.32 Å². The molecule has 0 fully saturated rings. The summed E-state index contributed by atoms with van der Waals surface area (Å²) in [5.74, 6) is -1.91. The minimum Gasteiger partial charge on any atom is -0.494 e. The predicted molar refractivity (Wildman–Crippen MR) is 153 cm³/mol. The van der Waals surface area contributed by atoms with Crippen LogP contribution in [0.1, 0.15) is 39.7 Å². The largest absolute Gasteiger partial charge is 0.494 e. The highest BCUT2D eigenvalue weighted by Gasteiger charge is 2.33. The van der Waals surface area contributed by atoms with Crippen molar-refractivity contribution in [3.8, 4) is 5.75 Å².